The van der Waals surface area contributed by atoms with Crippen LogP contribution in [0.1, 0.15) is 99.7 Å². The second-order valence-electron chi connectivity index (χ2n) is 16.6. The van der Waals surface area contributed by atoms with E-state index in [1.165, 1.54) is 15.8 Å². The van der Waals surface area contributed by atoms with Gasteiger partial charge in [-0.3, -0.25) is 14.4 Å². The normalized spacial score (nSPS) is 16.1. The molecular weight excluding hydrogens is 727 g/mol. The lowest BCUT2D eigenvalue weighted by Gasteiger charge is -2.37. The molecule has 2 N–H and O–H groups in total. The van der Waals surface area contributed by atoms with Gasteiger partial charge in [0, 0.05) is 44.1 Å². The molecule has 0 unspecified atom stereocenters. The first kappa shape index (κ1) is 43.2. The van der Waals surface area contributed by atoms with E-state index in [4.69, 9.17) is 13.9 Å². The lowest BCUT2D eigenvalue weighted by molar-refractivity contribution is 0.0526. The van der Waals surface area contributed by atoms with Crippen LogP contribution in [-0.4, -0.2) is 56.2 Å². The van der Waals surface area contributed by atoms with Gasteiger partial charge < -0.3 is 24.5 Å². The molecule has 1 aromatic heterocycles. The van der Waals surface area contributed by atoms with Gasteiger partial charge in [-0.2, -0.15) is 0 Å². The van der Waals surface area contributed by atoms with Gasteiger partial charge in [0.1, 0.15) is 29.4 Å². The van der Waals surface area contributed by atoms with Crippen molar-refractivity contribution in [1.82, 2.24) is 15.3 Å². The number of nitrogens with one attached hydrogen (secondary N) is 2. The van der Waals surface area contributed by atoms with Crippen molar-refractivity contribution in [2.24, 2.45) is 11.8 Å². The minimum atomic E-state index is -2.00. The standard InChI is InChI=1S/C41H56F2N4O7Si/c1-10-44-38(50)34-36(52-25-27-14-12-11-13-15-27)35(48)32(37(49)45-22-30-18-19-31(42)21-33(30)43)24-46(34)47(39(51)54-40(2,3)4)23-28-16-17-29(20-28)26-53-55(8,9)41(5,6)7/h11-15,18-19,21,24,28-29H,10,16-17,20,22-23,25-26H2,1-9H3,(H,44,50)(H,45,49)/t28-,29+/m0/s1. The van der Waals surface area contributed by atoms with E-state index in [1.807, 2.05) is 6.07 Å². The highest BCUT2D eigenvalue weighted by Crippen LogP contribution is 2.39. The zero-order valence-corrected chi connectivity index (χ0v) is 34.5. The monoisotopic (exact) mass is 782 g/mol. The Kier molecular flexibility index (Phi) is 14.1. The number of carbonyl (C=O) groups excluding carboxylic acids is 3. The van der Waals surface area contributed by atoms with Crippen molar-refractivity contribution in [1.29, 1.82) is 0 Å². The van der Waals surface area contributed by atoms with Crippen LogP contribution in [0.5, 0.6) is 5.75 Å². The Morgan fingerprint density at radius 2 is 1.62 bits per heavy atom. The molecular formula is C41H56F2N4O7Si. The van der Waals surface area contributed by atoms with Crippen LogP contribution in [-0.2, 0) is 22.3 Å². The molecule has 0 spiro atoms. The van der Waals surface area contributed by atoms with E-state index in [9.17, 15) is 28.0 Å². The number of pyridine rings is 1. The van der Waals surface area contributed by atoms with E-state index in [0.29, 0.717) is 18.2 Å². The molecule has 1 fully saturated rings. The predicted molar refractivity (Wildman–Crippen MR) is 210 cm³/mol. The van der Waals surface area contributed by atoms with Gasteiger partial charge >= 0.3 is 6.09 Å². The molecule has 1 aliphatic carbocycles. The fourth-order valence-electron chi connectivity index (χ4n) is 6.03. The summed E-state index contributed by atoms with van der Waals surface area (Å²) < 4.78 is 47.8. The number of rotatable bonds is 14. The summed E-state index contributed by atoms with van der Waals surface area (Å²) in [5, 5.41) is 6.53. The molecule has 1 saturated carbocycles. The minimum absolute atomic E-state index is 0.0155. The smallest absolute Gasteiger partial charge is 0.429 e. The number of benzene rings is 2. The van der Waals surface area contributed by atoms with E-state index in [1.54, 1.807) is 52.0 Å². The Labute approximate surface area is 323 Å². The number of hydrogen-bond donors (Lipinski definition) is 2. The van der Waals surface area contributed by atoms with Crippen molar-refractivity contribution in [2.75, 3.05) is 24.7 Å². The van der Waals surface area contributed by atoms with Crippen LogP contribution in [0.15, 0.2) is 59.5 Å². The van der Waals surface area contributed by atoms with Gasteiger partial charge in [-0.05, 0) is 88.6 Å². The maximum Gasteiger partial charge on any atom is 0.429 e. The molecule has 2 atom stereocenters. The molecule has 300 valence electrons. The summed E-state index contributed by atoms with van der Waals surface area (Å²) in [7, 11) is -2.00. The van der Waals surface area contributed by atoms with Gasteiger partial charge in [-0.15, -0.1) is 0 Å². The summed E-state index contributed by atoms with van der Waals surface area (Å²) >= 11 is 0. The van der Waals surface area contributed by atoms with Crippen LogP contribution < -0.4 is 25.8 Å². The first-order valence-electron chi connectivity index (χ1n) is 18.8. The maximum atomic E-state index is 14.5. The predicted octanol–water partition coefficient (Wildman–Crippen LogP) is 7.70. The molecule has 1 heterocycles. The highest BCUT2D eigenvalue weighted by atomic mass is 28.4. The third kappa shape index (κ3) is 11.5. The number of ether oxygens (including phenoxy) is 2. The van der Waals surface area contributed by atoms with Crippen molar-refractivity contribution in [3.05, 3.63) is 99.0 Å². The average molecular weight is 783 g/mol. The SMILES string of the molecule is CCNC(=O)c1c(OCc2ccccc2)c(=O)c(C(=O)NCc2ccc(F)cc2F)cn1N(C[C@H]1CC[C@@H](CO[Si](C)(C)C(C)(C)C)C1)C(=O)OC(C)(C)C. The fourth-order valence-corrected chi connectivity index (χ4v) is 7.12. The molecule has 3 amide bonds. The number of aromatic nitrogens is 1. The van der Waals surface area contributed by atoms with Gasteiger partial charge in [-0.25, -0.2) is 23.3 Å². The van der Waals surface area contributed by atoms with Crippen LogP contribution >= 0.6 is 0 Å². The van der Waals surface area contributed by atoms with Crippen LogP contribution in [0.25, 0.3) is 0 Å². The number of halogens is 2. The van der Waals surface area contributed by atoms with Gasteiger partial charge in [-0.1, -0.05) is 57.2 Å². The van der Waals surface area contributed by atoms with E-state index in [2.05, 4.69) is 44.5 Å². The number of amides is 3. The first-order valence-corrected chi connectivity index (χ1v) is 21.7. The maximum absolute atomic E-state index is 14.5. The Morgan fingerprint density at radius 1 is 0.945 bits per heavy atom. The van der Waals surface area contributed by atoms with Gasteiger partial charge in [0.15, 0.2) is 19.8 Å². The highest BCUT2D eigenvalue weighted by molar-refractivity contribution is 6.74. The first-order chi connectivity index (χ1) is 25.7. The summed E-state index contributed by atoms with van der Waals surface area (Å²) in [5.41, 5.74) is -1.97. The molecule has 1 aliphatic rings. The van der Waals surface area contributed by atoms with Crippen LogP contribution in [0.2, 0.25) is 18.1 Å². The number of carbonyl (C=O) groups is 3. The molecule has 11 nitrogen and oxygen atoms in total. The van der Waals surface area contributed by atoms with Gasteiger partial charge in [0.05, 0.1) is 0 Å². The summed E-state index contributed by atoms with van der Waals surface area (Å²) in [4.78, 5) is 56.2. The molecule has 3 aromatic rings. The minimum Gasteiger partial charge on any atom is -0.482 e. The van der Waals surface area contributed by atoms with Crippen molar-refractivity contribution in [3.8, 4) is 5.75 Å². The van der Waals surface area contributed by atoms with Crippen LogP contribution in [0, 0.1) is 23.5 Å². The molecule has 14 heteroatoms. The van der Waals surface area contributed by atoms with E-state index in [0.717, 1.165) is 31.5 Å². The molecule has 0 radical (unpaired) electrons. The van der Waals surface area contributed by atoms with E-state index < -0.39 is 60.2 Å². The van der Waals surface area contributed by atoms with Crippen LogP contribution in [0.3, 0.4) is 0 Å². The molecule has 0 bridgehead atoms. The molecule has 2 aromatic carbocycles. The summed E-state index contributed by atoms with van der Waals surface area (Å²) in [6, 6.07) is 11.9. The topological polar surface area (TPSA) is 128 Å². The fraction of sp³-hybridized carbons (Fsp3) is 0.512. The van der Waals surface area contributed by atoms with Crippen molar-refractivity contribution in [3.63, 3.8) is 0 Å². The van der Waals surface area contributed by atoms with E-state index in [-0.39, 0.29) is 54.4 Å². The third-order valence-corrected chi connectivity index (χ3v) is 14.6. The van der Waals surface area contributed by atoms with Crippen molar-refractivity contribution in [2.45, 2.75) is 105 Å². The zero-order valence-electron chi connectivity index (χ0n) is 33.5. The summed E-state index contributed by atoms with van der Waals surface area (Å²) in [6.45, 7) is 18.2. The second-order valence-corrected chi connectivity index (χ2v) is 21.4. The largest absolute Gasteiger partial charge is 0.482 e. The summed E-state index contributed by atoms with van der Waals surface area (Å²) in [6.07, 6.45) is 2.67. The number of nitrogens with zero attached hydrogens (tertiary/aromatic N) is 2. The summed E-state index contributed by atoms with van der Waals surface area (Å²) in [5.74, 6) is -3.57. The lowest BCUT2D eigenvalue weighted by Crippen LogP contribution is -2.49. The van der Waals surface area contributed by atoms with E-state index >= 15 is 0 Å². The molecule has 55 heavy (non-hydrogen) atoms. The molecule has 0 aliphatic heterocycles. The third-order valence-electron chi connectivity index (χ3n) is 10.1. The van der Waals surface area contributed by atoms with Crippen molar-refractivity contribution < 1.29 is 37.1 Å². The van der Waals surface area contributed by atoms with Gasteiger partial charge in [0.25, 0.3) is 11.8 Å². The average Bonchev–Trinajstić information content (AvgIpc) is 3.55. The Morgan fingerprint density at radius 3 is 2.24 bits per heavy atom. The Bertz CT molecular complexity index is 1890. The quantitative estimate of drug-likeness (QED) is 0.161. The van der Waals surface area contributed by atoms with Crippen molar-refractivity contribution >= 4 is 26.2 Å². The second kappa shape index (κ2) is 17.9. The molecule has 0 saturated heterocycles. The Hall–Kier alpha value is -4.56. The lowest BCUT2D eigenvalue weighted by atomic mass is 10.1. The van der Waals surface area contributed by atoms with Crippen LogP contribution in [0.4, 0.5) is 13.6 Å². The van der Waals surface area contributed by atoms with Gasteiger partial charge in [0.2, 0.25) is 5.43 Å². The Balaban J connectivity index is 1.81. The number of hydrogen-bond acceptors (Lipinski definition) is 7. The highest BCUT2D eigenvalue weighted by Gasteiger charge is 2.39. The zero-order chi connectivity index (χ0) is 40.7. The molecule has 4 rings (SSSR count).